The number of carbonyl (C=O) groups is 3. The van der Waals surface area contributed by atoms with Crippen molar-refractivity contribution >= 4 is 40.9 Å². The van der Waals surface area contributed by atoms with Crippen LogP contribution in [0.4, 0.5) is 13.2 Å². The minimum atomic E-state index is -4.65. The topological polar surface area (TPSA) is 118 Å². The zero-order chi connectivity index (χ0) is 26.1. The summed E-state index contributed by atoms with van der Waals surface area (Å²) in [5.41, 5.74) is -2.09. The Morgan fingerprint density at radius 2 is 1.94 bits per heavy atom. The fourth-order valence-corrected chi connectivity index (χ4v) is 7.12. The molecule has 5 rings (SSSR count). The van der Waals surface area contributed by atoms with Gasteiger partial charge in [0.05, 0.1) is 6.07 Å². The standard InChI is InChI=1S/C23H24Cl2F3N5O3/c24-22(25)9-20(10-22)7-15(33(11-20)19(36)14-1-2-16(31-14)23(26,27)28)18(35)30-13(8-29)5-12-6-21(3-4-21)32-17(12)34/h1-2,12-13,15,31H,3-7,9-11H2,(H,30,35)(H,32,34). The maximum Gasteiger partial charge on any atom is 0.431 e. The molecule has 3 heterocycles. The third kappa shape index (κ3) is 4.65. The number of likely N-dealkylation sites (tertiary alicyclic amines) is 1. The second-order valence-corrected chi connectivity index (χ2v) is 12.4. The fraction of sp³-hybridized carbons (Fsp3) is 0.652. The van der Waals surface area contributed by atoms with Crippen LogP contribution in [0, 0.1) is 22.7 Å². The number of halogens is 5. The van der Waals surface area contributed by atoms with Crippen LogP contribution in [0.5, 0.6) is 0 Å². The van der Waals surface area contributed by atoms with Gasteiger partial charge in [0.25, 0.3) is 5.91 Å². The average Bonchev–Trinajstić information content (AvgIpc) is 3.12. The molecule has 2 aliphatic carbocycles. The largest absolute Gasteiger partial charge is 0.431 e. The predicted molar refractivity (Wildman–Crippen MR) is 122 cm³/mol. The zero-order valence-corrected chi connectivity index (χ0v) is 20.6. The first kappa shape index (κ1) is 25.2. The maximum atomic E-state index is 13.3. The lowest BCUT2D eigenvalue weighted by molar-refractivity contribution is -0.140. The van der Waals surface area contributed by atoms with E-state index < -0.39 is 51.4 Å². The van der Waals surface area contributed by atoms with Gasteiger partial charge in [-0.15, -0.1) is 23.2 Å². The number of hydrogen-bond donors (Lipinski definition) is 3. The second kappa shape index (κ2) is 8.28. The Morgan fingerprint density at radius 1 is 1.25 bits per heavy atom. The molecule has 3 N–H and O–H groups in total. The molecule has 4 aliphatic rings. The first-order valence-electron chi connectivity index (χ1n) is 11.7. The summed E-state index contributed by atoms with van der Waals surface area (Å²) in [6.45, 7) is 0.0935. The lowest BCUT2D eigenvalue weighted by Gasteiger charge is -2.47. The number of H-pyrrole nitrogens is 1. The number of amides is 3. The molecule has 1 aromatic heterocycles. The quantitative estimate of drug-likeness (QED) is 0.492. The van der Waals surface area contributed by atoms with Crippen LogP contribution in [0.25, 0.3) is 0 Å². The van der Waals surface area contributed by atoms with Gasteiger partial charge in [-0.05, 0) is 62.5 Å². The van der Waals surface area contributed by atoms with Crippen molar-refractivity contribution in [3.05, 3.63) is 23.5 Å². The van der Waals surface area contributed by atoms with E-state index in [1.54, 1.807) is 0 Å². The summed E-state index contributed by atoms with van der Waals surface area (Å²) in [4.78, 5) is 42.1. The Balaban J connectivity index is 1.31. The van der Waals surface area contributed by atoms with Gasteiger partial charge in [-0.2, -0.15) is 18.4 Å². The van der Waals surface area contributed by atoms with Crippen molar-refractivity contribution in [3.8, 4) is 6.07 Å². The van der Waals surface area contributed by atoms with Crippen LogP contribution < -0.4 is 10.6 Å². The number of nitriles is 1. The maximum absolute atomic E-state index is 13.3. The smallest absolute Gasteiger partial charge is 0.350 e. The molecule has 3 amide bonds. The summed E-state index contributed by atoms with van der Waals surface area (Å²) in [6.07, 6.45) is -1.25. The zero-order valence-electron chi connectivity index (χ0n) is 19.1. The lowest BCUT2D eigenvalue weighted by Crippen LogP contribution is -2.49. The molecule has 13 heteroatoms. The average molecular weight is 546 g/mol. The summed E-state index contributed by atoms with van der Waals surface area (Å²) >= 11 is 12.4. The normalized spacial score (nSPS) is 27.9. The van der Waals surface area contributed by atoms with Crippen molar-refractivity contribution < 1.29 is 27.6 Å². The van der Waals surface area contributed by atoms with E-state index in [2.05, 4.69) is 15.6 Å². The van der Waals surface area contributed by atoms with Crippen LogP contribution in [-0.4, -0.2) is 56.1 Å². The van der Waals surface area contributed by atoms with Crippen LogP contribution in [0.3, 0.4) is 0 Å². The Morgan fingerprint density at radius 3 is 2.47 bits per heavy atom. The molecular formula is C23H24Cl2F3N5O3. The summed E-state index contributed by atoms with van der Waals surface area (Å²) in [5.74, 6) is -1.90. The first-order valence-corrected chi connectivity index (χ1v) is 12.5. The SMILES string of the molecule is N#CC(CC1CC2(CC2)NC1=O)NC(=O)C1CC2(CN1C(=O)c1ccc(C(F)(F)F)[nH]1)CC(Cl)(Cl)C2. The predicted octanol–water partition coefficient (Wildman–Crippen LogP) is 3.27. The van der Waals surface area contributed by atoms with Crippen molar-refractivity contribution in [2.75, 3.05) is 6.54 Å². The number of carbonyl (C=O) groups excluding carboxylic acids is 3. The molecule has 3 atom stereocenters. The van der Waals surface area contributed by atoms with Crippen molar-refractivity contribution in [2.24, 2.45) is 11.3 Å². The summed E-state index contributed by atoms with van der Waals surface area (Å²) < 4.78 is 38.1. The van der Waals surface area contributed by atoms with Gasteiger partial charge in [0.1, 0.15) is 27.8 Å². The number of aromatic nitrogens is 1. The molecule has 1 aromatic rings. The Labute approximate surface area is 214 Å². The Kier molecular flexibility index (Phi) is 5.80. The van der Waals surface area contributed by atoms with E-state index in [4.69, 9.17) is 23.2 Å². The van der Waals surface area contributed by atoms with Gasteiger partial charge in [0.2, 0.25) is 11.8 Å². The van der Waals surface area contributed by atoms with E-state index >= 15 is 0 Å². The van der Waals surface area contributed by atoms with Crippen LogP contribution in [0.2, 0.25) is 0 Å². The van der Waals surface area contributed by atoms with Gasteiger partial charge in [-0.3, -0.25) is 14.4 Å². The third-order valence-electron chi connectivity index (χ3n) is 7.80. The number of alkyl halides is 5. The molecule has 0 radical (unpaired) electrons. The minimum Gasteiger partial charge on any atom is -0.350 e. The number of rotatable bonds is 5. The van der Waals surface area contributed by atoms with E-state index in [1.165, 1.54) is 4.90 Å². The number of hydrogen-bond acceptors (Lipinski definition) is 4. The molecule has 8 nitrogen and oxygen atoms in total. The second-order valence-electron chi connectivity index (χ2n) is 10.7. The minimum absolute atomic E-state index is 0.0935. The summed E-state index contributed by atoms with van der Waals surface area (Å²) in [6, 6.07) is 1.84. The number of aromatic amines is 1. The van der Waals surface area contributed by atoms with Gasteiger partial charge in [-0.25, -0.2) is 0 Å². The molecular weight excluding hydrogens is 522 g/mol. The molecule has 194 valence electrons. The third-order valence-corrected chi connectivity index (χ3v) is 8.34. The first-order chi connectivity index (χ1) is 16.7. The highest BCUT2D eigenvalue weighted by atomic mass is 35.5. The van der Waals surface area contributed by atoms with E-state index in [9.17, 15) is 32.8 Å². The molecule has 2 saturated heterocycles. The molecule has 2 saturated carbocycles. The fourth-order valence-electron chi connectivity index (χ4n) is 5.99. The monoisotopic (exact) mass is 545 g/mol. The lowest BCUT2D eigenvalue weighted by atomic mass is 9.66. The molecule has 36 heavy (non-hydrogen) atoms. The van der Waals surface area contributed by atoms with Gasteiger partial charge in [-0.1, -0.05) is 0 Å². The highest BCUT2D eigenvalue weighted by Crippen LogP contribution is 2.60. The number of nitrogens with one attached hydrogen (secondary N) is 3. The van der Waals surface area contributed by atoms with Crippen molar-refractivity contribution in [2.45, 2.75) is 73.1 Å². The Hall–Kier alpha value is -2.45. The van der Waals surface area contributed by atoms with Crippen LogP contribution in [0.15, 0.2) is 12.1 Å². The van der Waals surface area contributed by atoms with Crippen molar-refractivity contribution in [1.29, 1.82) is 5.26 Å². The van der Waals surface area contributed by atoms with Gasteiger partial charge < -0.3 is 20.5 Å². The van der Waals surface area contributed by atoms with E-state index in [0.717, 1.165) is 25.0 Å². The van der Waals surface area contributed by atoms with Gasteiger partial charge >= 0.3 is 6.18 Å². The summed E-state index contributed by atoms with van der Waals surface area (Å²) in [5, 5.41) is 15.2. The van der Waals surface area contributed by atoms with Crippen molar-refractivity contribution in [3.63, 3.8) is 0 Å². The highest BCUT2D eigenvalue weighted by Gasteiger charge is 2.60. The van der Waals surface area contributed by atoms with E-state index in [0.29, 0.717) is 19.3 Å². The van der Waals surface area contributed by atoms with E-state index in [-0.39, 0.29) is 36.5 Å². The van der Waals surface area contributed by atoms with Gasteiger partial charge in [0.15, 0.2) is 0 Å². The van der Waals surface area contributed by atoms with Crippen molar-refractivity contribution in [1.82, 2.24) is 20.5 Å². The van der Waals surface area contributed by atoms with Gasteiger partial charge in [0, 0.05) is 18.0 Å². The molecule has 0 aromatic carbocycles. The highest BCUT2D eigenvalue weighted by molar-refractivity contribution is 6.49. The molecule has 2 aliphatic heterocycles. The van der Waals surface area contributed by atoms with Crippen LogP contribution in [0.1, 0.15) is 61.1 Å². The van der Waals surface area contributed by atoms with Crippen LogP contribution >= 0.6 is 23.2 Å². The molecule has 0 bridgehead atoms. The van der Waals surface area contributed by atoms with E-state index in [1.807, 2.05) is 6.07 Å². The molecule has 4 fully saturated rings. The summed E-state index contributed by atoms with van der Waals surface area (Å²) in [7, 11) is 0. The Bertz CT molecular complexity index is 1150. The molecule has 2 spiro atoms. The molecule has 3 unspecified atom stereocenters. The van der Waals surface area contributed by atoms with Crippen LogP contribution in [-0.2, 0) is 15.8 Å². The number of nitrogens with zero attached hydrogens (tertiary/aromatic N) is 2.